The Morgan fingerprint density at radius 2 is 2.24 bits per heavy atom. The monoisotopic (exact) mass is 299 g/mol. The van der Waals surface area contributed by atoms with E-state index in [-0.39, 0.29) is 19.0 Å². The van der Waals surface area contributed by atoms with Crippen LogP contribution in [0.15, 0.2) is 4.99 Å². The average Bonchev–Trinajstić information content (AvgIpc) is 2.85. The van der Waals surface area contributed by atoms with E-state index in [0.717, 1.165) is 0 Å². The van der Waals surface area contributed by atoms with E-state index in [4.69, 9.17) is 21.9 Å². The molecule has 1 saturated heterocycles. The second-order valence-corrected chi connectivity index (χ2v) is 5.62. The van der Waals surface area contributed by atoms with Gasteiger partial charge in [-0.1, -0.05) is 0 Å². The minimum atomic E-state index is -2.06. The first-order valence-electron chi connectivity index (χ1n) is 6.66. The number of aliphatic hydroxyl groups is 2. The van der Waals surface area contributed by atoms with Gasteiger partial charge in [-0.2, -0.15) is 0 Å². The fourth-order valence-electron chi connectivity index (χ4n) is 3.63. The number of amidine groups is 1. The van der Waals surface area contributed by atoms with Gasteiger partial charge in [0.05, 0.1) is 18.3 Å². The van der Waals surface area contributed by atoms with Crippen LogP contribution < -0.4 is 22.5 Å². The first-order chi connectivity index (χ1) is 9.78. The van der Waals surface area contributed by atoms with Crippen LogP contribution in [0.5, 0.6) is 0 Å². The van der Waals surface area contributed by atoms with Gasteiger partial charge in [0.15, 0.2) is 0 Å². The van der Waals surface area contributed by atoms with Crippen LogP contribution in [0.4, 0.5) is 4.79 Å². The number of nitrogens with zero attached hydrogens (tertiary/aromatic N) is 2. The van der Waals surface area contributed by atoms with Crippen LogP contribution in [0, 0.1) is 5.92 Å². The number of carbonyl (C=O) groups excluding carboxylic acids is 1. The molecule has 3 atom stereocenters. The number of nitrogens with two attached hydrogens (primary N) is 3. The van der Waals surface area contributed by atoms with Crippen LogP contribution in [0.25, 0.3) is 0 Å². The number of aliphatic imine (C=N–C) groups is 1. The summed E-state index contributed by atoms with van der Waals surface area (Å²) in [5, 5.41) is 23.8. The van der Waals surface area contributed by atoms with Gasteiger partial charge in [0, 0.05) is 12.8 Å². The number of guanidine groups is 1. The number of carbonyl (C=O) groups is 1. The van der Waals surface area contributed by atoms with Gasteiger partial charge >= 0.3 is 12.1 Å². The Bertz CT molecular complexity index is 559. The maximum atomic E-state index is 10.8. The third-order valence-corrected chi connectivity index (χ3v) is 4.46. The second-order valence-electron chi connectivity index (χ2n) is 5.62. The minimum Gasteiger partial charge on any atom is -0.446 e. The molecule has 0 aliphatic carbocycles. The van der Waals surface area contributed by atoms with Crippen molar-refractivity contribution >= 4 is 17.9 Å². The van der Waals surface area contributed by atoms with E-state index in [1.54, 1.807) is 4.58 Å². The van der Waals surface area contributed by atoms with Gasteiger partial charge in [-0.05, 0) is 0 Å². The summed E-state index contributed by atoms with van der Waals surface area (Å²) < 4.78 is 6.43. The number of amides is 1. The molecular weight excluding hydrogens is 280 g/mol. The van der Waals surface area contributed by atoms with Gasteiger partial charge < -0.3 is 26.4 Å². The van der Waals surface area contributed by atoms with Gasteiger partial charge in [0.2, 0.25) is 11.4 Å². The maximum absolute atomic E-state index is 10.8. The lowest BCUT2D eigenvalue weighted by atomic mass is 9.80. The molecule has 3 rings (SSSR count). The Labute approximate surface area is 120 Å². The molecule has 0 radical (unpaired) electrons. The molecule has 0 aromatic carbocycles. The van der Waals surface area contributed by atoms with Gasteiger partial charge in [0.1, 0.15) is 12.6 Å². The molecule has 10 heteroatoms. The first-order valence-corrected chi connectivity index (χ1v) is 6.66. The third-order valence-electron chi connectivity index (χ3n) is 4.46. The summed E-state index contributed by atoms with van der Waals surface area (Å²) in [6.45, 7) is 0.275. The lowest BCUT2D eigenvalue weighted by molar-refractivity contribution is -0.624. The van der Waals surface area contributed by atoms with Gasteiger partial charge in [0.25, 0.3) is 0 Å². The van der Waals surface area contributed by atoms with Crippen molar-refractivity contribution in [3.8, 4) is 0 Å². The first kappa shape index (κ1) is 13.9. The van der Waals surface area contributed by atoms with Crippen molar-refractivity contribution in [3.05, 3.63) is 0 Å². The molecular formula is C11H19N6O4+. The molecule has 3 heterocycles. The van der Waals surface area contributed by atoms with Gasteiger partial charge in [-0.15, -0.1) is 0 Å². The number of nitrogens with one attached hydrogen (secondary N) is 1. The molecule has 0 bridgehead atoms. The molecule has 1 spiro atoms. The Kier molecular flexibility index (Phi) is 2.79. The Hall–Kier alpha value is -2.07. The fourth-order valence-corrected chi connectivity index (χ4v) is 3.63. The van der Waals surface area contributed by atoms with E-state index < -0.39 is 29.5 Å². The van der Waals surface area contributed by atoms with Crippen molar-refractivity contribution in [2.75, 3.05) is 13.2 Å². The predicted octanol–water partition coefficient (Wildman–Crippen LogP) is -3.46. The summed E-state index contributed by atoms with van der Waals surface area (Å²) in [5.74, 6) is -1.91. The van der Waals surface area contributed by atoms with Crippen molar-refractivity contribution < 1.29 is 24.3 Å². The largest absolute Gasteiger partial charge is 0.446 e. The zero-order chi connectivity index (χ0) is 15.4. The van der Waals surface area contributed by atoms with E-state index in [0.29, 0.717) is 18.8 Å². The lowest BCUT2D eigenvalue weighted by Gasteiger charge is -2.42. The van der Waals surface area contributed by atoms with Crippen molar-refractivity contribution in [1.82, 2.24) is 5.32 Å². The van der Waals surface area contributed by atoms with Crippen LogP contribution in [0.1, 0.15) is 12.8 Å². The predicted molar refractivity (Wildman–Crippen MR) is 71.0 cm³/mol. The fraction of sp³-hybridized carbons (Fsp3) is 0.727. The number of primary amides is 1. The molecule has 1 amide bonds. The molecule has 0 aromatic rings. The van der Waals surface area contributed by atoms with Crippen LogP contribution in [-0.2, 0) is 4.74 Å². The standard InChI is InChI=1S/C11H18N6O4/c12-7-3-5-6(4-21-9(14)18)15-8(13)17-2-1-10(19,20)11(5,17)16-7/h5-6,19-20H,1-4H2,(H6,12,13,14,15,16,18)/p+1/t5?,6-,11?/m0/s1. The van der Waals surface area contributed by atoms with Gasteiger partial charge in [-0.3, -0.25) is 11.1 Å². The molecule has 0 aromatic heterocycles. The van der Waals surface area contributed by atoms with Gasteiger partial charge in [-0.25, -0.2) is 14.4 Å². The third kappa shape index (κ3) is 1.75. The van der Waals surface area contributed by atoms with Crippen molar-refractivity contribution in [2.45, 2.75) is 30.3 Å². The second kappa shape index (κ2) is 4.21. The highest BCUT2D eigenvalue weighted by Gasteiger charge is 2.70. The average molecular weight is 299 g/mol. The van der Waals surface area contributed by atoms with Crippen molar-refractivity contribution in [1.29, 1.82) is 0 Å². The Balaban J connectivity index is 2.03. The topological polar surface area (TPSA) is 172 Å². The van der Waals surface area contributed by atoms with E-state index in [9.17, 15) is 15.0 Å². The summed E-state index contributed by atoms with van der Waals surface area (Å²) in [5.41, 5.74) is 15.4. The molecule has 9 N–H and O–H groups in total. The molecule has 2 unspecified atom stereocenters. The SMILES string of the molecule is NC(=O)OC[C@@H]1NC(N)=[N+]2CCC(O)(O)C23N=C(N)CC13. The van der Waals surface area contributed by atoms with E-state index in [2.05, 4.69) is 10.3 Å². The van der Waals surface area contributed by atoms with Crippen LogP contribution in [-0.4, -0.2) is 63.3 Å². The smallest absolute Gasteiger partial charge is 0.404 e. The van der Waals surface area contributed by atoms with Crippen LogP contribution in [0.3, 0.4) is 0 Å². The van der Waals surface area contributed by atoms with Crippen molar-refractivity contribution in [2.24, 2.45) is 28.1 Å². The van der Waals surface area contributed by atoms with E-state index in [1.165, 1.54) is 0 Å². The number of ether oxygens (including phenoxy) is 1. The summed E-state index contributed by atoms with van der Waals surface area (Å²) in [4.78, 5) is 15.1. The highest BCUT2D eigenvalue weighted by atomic mass is 16.5. The molecule has 116 valence electrons. The van der Waals surface area contributed by atoms with Crippen LogP contribution >= 0.6 is 0 Å². The molecule has 1 fully saturated rings. The van der Waals surface area contributed by atoms with E-state index >= 15 is 0 Å². The molecule has 3 aliphatic heterocycles. The van der Waals surface area contributed by atoms with Crippen LogP contribution in [0.2, 0.25) is 0 Å². The number of rotatable bonds is 2. The highest BCUT2D eigenvalue weighted by molar-refractivity contribution is 5.84. The maximum Gasteiger partial charge on any atom is 0.404 e. The zero-order valence-corrected chi connectivity index (χ0v) is 11.3. The Morgan fingerprint density at radius 3 is 2.90 bits per heavy atom. The lowest BCUT2D eigenvalue weighted by Crippen LogP contribution is -2.70. The quantitative estimate of drug-likeness (QED) is 0.227. The molecule has 0 saturated carbocycles. The number of hydrogen-bond acceptors (Lipinski definition) is 8. The summed E-state index contributed by atoms with van der Waals surface area (Å²) in [6.07, 6.45) is -0.484. The summed E-state index contributed by atoms with van der Waals surface area (Å²) in [7, 11) is 0. The normalized spacial score (nSPS) is 36.6. The zero-order valence-electron chi connectivity index (χ0n) is 11.3. The number of hydrogen-bond donors (Lipinski definition) is 6. The highest BCUT2D eigenvalue weighted by Crippen LogP contribution is 2.48. The molecule has 21 heavy (non-hydrogen) atoms. The van der Waals surface area contributed by atoms with Crippen molar-refractivity contribution in [3.63, 3.8) is 0 Å². The van der Waals surface area contributed by atoms with E-state index in [1.807, 2.05) is 0 Å². The minimum absolute atomic E-state index is 0.0603. The Morgan fingerprint density at radius 1 is 1.52 bits per heavy atom. The summed E-state index contributed by atoms with van der Waals surface area (Å²) in [6, 6.07) is -0.463. The molecule has 10 nitrogen and oxygen atoms in total. The molecule has 3 aliphatic rings. The summed E-state index contributed by atoms with van der Waals surface area (Å²) >= 11 is 0.